The van der Waals surface area contributed by atoms with E-state index in [2.05, 4.69) is 62.5 Å². The number of unbranched alkanes of at least 4 members (excludes halogenated alkanes) is 25. The van der Waals surface area contributed by atoms with Crippen LogP contribution in [0.2, 0.25) is 0 Å². The Balaban J connectivity index is 4.16. The Hall–Kier alpha value is -2.03. The lowest BCUT2D eigenvalue weighted by atomic mass is 10.0. The van der Waals surface area contributed by atoms with Gasteiger partial charge in [0.15, 0.2) is 6.10 Å². The Morgan fingerprint density at radius 1 is 0.500 bits per heavy atom. The molecule has 0 rings (SSSR count). The van der Waals surface area contributed by atoms with Crippen molar-refractivity contribution in [3.8, 4) is 0 Å². The van der Waals surface area contributed by atoms with E-state index in [1.807, 2.05) is 0 Å². The molecule has 3 N–H and O–H groups in total. The predicted octanol–water partition coefficient (Wildman–Crippen LogP) is 14.7. The Morgan fingerprint density at radius 3 is 1.33 bits per heavy atom. The van der Waals surface area contributed by atoms with E-state index in [9.17, 15) is 19.0 Å². The molecular weight excluding hydrogens is 774 g/mol. The fraction of sp³-hybridized carbons (Fsp3) is 0.800. The van der Waals surface area contributed by atoms with Crippen LogP contribution in [0.5, 0.6) is 0 Å². The molecule has 0 aromatic heterocycles. The minimum absolute atomic E-state index is 0.0462. The highest BCUT2D eigenvalue weighted by molar-refractivity contribution is 7.47. The van der Waals surface area contributed by atoms with Gasteiger partial charge in [-0.05, 0) is 51.4 Å². The maximum atomic E-state index is 12.6. The van der Waals surface area contributed by atoms with Crippen LogP contribution < -0.4 is 5.73 Å². The SMILES string of the molecule is CCCCCCCCC/C=C/C/C=C/C/C=C/C/C=C/CCCC(=O)OC[C@H](COP(=O)(O)OCCN)OC(=O)CCCCCCCCCCCCCCCCCCCC. The highest BCUT2D eigenvalue weighted by Gasteiger charge is 2.26. The van der Waals surface area contributed by atoms with Gasteiger partial charge < -0.3 is 20.1 Å². The van der Waals surface area contributed by atoms with Crippen molar-refractivity contribution < 1.29 is 37.6 Å². The predicted molar refractivity (Wildman–Crippen MR) is 252 cm³/mol. The van der Waals surface area contributed by atoms with Gasteiger partial charge in [0.2, 0.25) is 0 Å². The molecular formula is C50H92NO8P. The van der Waals surface area contributed by atoms with E-state index in [1.165, 1.54) is 141 Å². The van der Waals surface area contributed by atoms with Gasteiger partial charge in [0, 0.05) is 19.4 Å². The molecule has 0 saturated heterocycles. The van der Waals surface area contributed by atoms with Crippen LogP contribution in [-0.4, -0.2) is 49.3 Å². The minimum atomic E-state index is -4.39. The van der Waals surface area contributed by atoms with E-state index in [4.69, 9.17) is 24.3 Å². The number of nitrogens with two attached hydrogens (primary N) is 1. The highest BCUT2D eigenvalue weighted by atomic mass is 31.2. The van der Waals surface area contributed by atoms with Crippen LogP contribution in [-0.2, 0) is 32.7 Å². The number of allylic oxidation sites excluding steroid dienone is 8. The average Bonchev–Trinajstić information content (AvgIpc) is 3.24. The molecule has 0 amide bonds. The van der Waals surface area contributed by atoms with Crippen molar-refractivity contribution in [2.24, 2.45) is 5.73 Å². The fourth-order valence-electron chi connectivity index (χ4n) is 6.80. The van der Waals surface area contributed by atoms with Gasteiger partial charge >= 0.3 is 19.8 Å². The van der Waals surface area contributed by atoms with E-state index in [0.717, 1.165) is 44.9 Å². The van der Waals surface area contributed by atoms with Crippen molar-refractivity contribution in [1.29, 1.82) is 0 Å². The van der Waals surface area contributed by atoms with Gasteiger partial charge in [-0.15, -0.1) is 0 Å². The fourth-order valence-corrected chi connectivity index (χ4v) is 7.57. The van der Waals surface area contributed by atoms with Crippen LogP contribution in [0.3, 0.4) is 0 Å². The summed E-state index contributed by atoms with van der Waals surface area (Å²) in [4.78, 5) is 35.0. The lowest BCUT2D eigenvalue weighted by molar-refractivity contribution is -0.161. The normalized spacial score (nSPS) is 13.6. The standard InChI is InChI=1S/C50H92NO8P/c1-3-5-7-9-11-13-15-17-19-21-23-24-25-27-28-30-32-34-36-38-40-42-49(52)56-46-48(47-58-60(54,55)57-45-44-51)59-50(53)43-41-39-37-35-33-31-29-26-22-20-18-16-14-12-10-8-6-4-2/h19,21,24-25,28,30,34,36,48H,3-18,20,22-23,26-27,29,31-33,35,37-47,51H2,1-2H3,(H,54,55)/b21-19+,25-24+,30-28+,36-34+/t48-/m1/s1. The second-order valence-electron chi connectivity index (χ2n) is 16.3. The minimum Gasteiger partial charge on any atom is -0.462 e. The summed E-state index contributed by atoms with van der Waals surface area (Å²) in [7, 11) is -4.39. The smallest absolute Gasteiger partial charge is 0.462 e. The third-order valence-corrected chi connectivity index (χ3v) is 11.5. The van der Waals surface area contributed by atoms with Crippen LogP contribution in [0.15, 0.2) is 48.6 Å². The number of ether oxygens (including phenoxy) is 2. The zero-order chi connectivity index (χ0) is 43.9. The zero-order valence-corrected chi connectivity index (χ0v) is 39.6. The van der Waals surface area contributed by atoms with E-state index >= 15 is 0 Å². The molecule has 0 radical (unpaired) electrons. The summed E-state index contributed by atoms with van der Waals surface area (Å²) in [5.41, 5.74) is 5.36. The molecule has 0 aliphatic rings. The van der Waals surface area contributed by atoms with Crippen molar-refractivity contribution in [2.75, 3.05) is 26.4 Å². The van der Waals surface area contributed by atoms with Gasteiger partial charge in [0.05, 0.1) is 13.2 Å². The molecule has 0 aliphatic heterocycles. The summed E-state index contributed by atoms with van der Waals surface area (Å²) in [5, 5.41) is 0. The molecule has 0 fully saturated rings. The van der Waals surface area contributed by atoms with Gasteiger partial charge in [-0.3, -0.25) is 18.6 Å². The average molecular weight is 866 g/mol. The first kappa shape index (κ1) is 58.0. The summed E-state index contributed by atoms with van der Waals surface area (Å²) >= 11 is 0. The summed E-state index contributed by atoms with van der Waals surface area (Å²) in [6.45, 7) is 3.70. The molecule has 0 bridgehead atoms. The zero-order valence-electron chi connectivity index (χ0n) is 38.7. The van der Waals surface area contributed by atoms with Gasteiger partial charge in [-0.2, -0.15) is 0 Å². The Kier molecular flexibility index (Phi) is 44.9. The first-order chi connectivity index (χ1) is 29.3. The second-order valence-corrected chi connectivity index (χ2v) is 17.8. The first-order valence-electron chi connectivity index (χ1n) is 24.6. The van der Waals surface area contributed by atoms with Crippen LogP contribution in [0.4, 0.5) is 0 Å². The second kappa shape index (κ2) is 46.5. The lowest BCUT2D eigenvalue weighted by Crippen LogP contribution is -2.29. The van der Waals surface area contributed by atoms with Crippen LogP contribution >= 0.6 is 7.82 Å². The number of carbonyl (C=O) groups is 2. The number of carbonyl (C=O) groups excluding carboxylic acids is 2. The molecule has 60 heavy (non-hydrogen) atoms. The molecule has 0 aliphatic carbocycles. The van der Waals surface area contributed by atoms with Crippen molar-refractivity contribution >= 4 is 19.8 Å². The van der Waals surface area contributed by atoms with Crippen LogP contribution in [0, 0.1) is 0 Å². The van der Waals surface area contributed by atoms with Crippen LogP contribution in [0.1, 0.15) is 226 Å². The van der Waals surface area contributed by atoms with Gasteiger partial charge in [0.1, 0.15) is 6.61 Å². The van der Waals surface area contributed by atoms with Crippen molar-refractivity contribution in [1.82, 2.24) is 0 Å². The summed E-state index contributed by atoms with van der Waals surface area (Å²) in [5.74, 6) is -0.887. The van der Waals surface area contributed by atoms with Gasteiger partial charge in [-0.25, -0.2) is 4.57 Å². The van der Waals surface area contributed by atoms with Crippen molar-refractivity contribution in [3.63, 3.8) is 0 Å². The summed E-state index contributed by atoms with van der Waals surface area (Å²) in [6, 6.07) is 0. The first-order valence-corrected chi connectivity index (χ1v) is 26.1. The lowest BCUT2D eigenvalue weighted by Gasteiger charge is -2.19. The molecule has 0 saturated carbocycles. The molecule has 0 spiro atoms. The largest absolute Gasteiger partial charge is 0.472 e. The summed E-state index contributed by atoms with van der Waals surface area (Å²) < 4.78 is 32.8. The molecule has 10 heteroatoms. The van der Waals surface area contributed by atoms with E-state index < -0.39 is 32.5 Å². The molecule has 0 heterocycles. The van der Waals surface area contributed by atoms with E-state index in [1.54, 1.807) is 0 Å². The van der Waals surface area contributed by atoms with Crippen LogP contribution in [0.25, 0.3) is 0 Å². The highest BCUT2D eigenvalue weighted by Crippen LogP contribution is 2.43. The third kappa shape index (κ3) is 45.5. The maximum absolute atomic E-state index is 12.6. The number of hydrogen-bond donors (Lipinski definition) is 2. The van der Waals surface area contributed by atoms with Gasteiger partial charge in [-0.1, -0.05) is 210 Å². The number of esters is 2. The van der Waals surface area contributed by atoms with Crippen molar-refractivity contribution in [2.45, 2.75) is 232 Å². The molecule has 350 valence electrons. The third-order valence-electron chi connectivity index (χ3n) is 10.5. The van der Waals surface area contributed by atoms with E-state index in [0.29, 0.717) is 12.8 Å². The maximum Gasteiger partial charge on any atom is 0.472 e. The number of hydrogen-bond acceptors (Lipinski definition) is 8. The molecule has 9 nitrogen and oxygen atoms in total. The Morgan fingerprint density at radius 2 is 0.883 bits per heavy atom. The topological polar surface area (TPSA) is 134 Å². The number of rotatable bonds is 46. The van der Waals surface area contributed by atoms with E-state index in [-0.39, 0.29) is 32.6 Å². The molecule has 0 aromatic carbocycles. The van der Waals surface area contributed by atoms with Gasteiger partial charge in [0.25, 0.3) is 0 Å². The Bertz CT molecular complexity index is 1120. The summed E-state index contributed by atoms with van der Waals surface area (Å²) in [6.07, 6.45) is 54.4. The number of phosphoric acid groups is 1. The molecule has 0 aromatic rings. The van der Waals surface area contributed by atoms with Crippen molar-refractivity contribution in [3.05, 3.63) is 48.6 Å². The quantitative estimate of drug-likeness (QED) is 0.0265. The Labute approximate surface area is 368 Å². The number of phosphoric ester groups is 1. The molecule has 2 atom stereocenters. The molecule has 1 unspecified atom stereocenters. The monoisotopic (exact) mass is 866 g/mol.